The number of carbonyl (C=O) groups excluding carboxylic acids is 2. The fourth-order valence-electron chi connectivity index (χ4n) is 3.46. The molecule has 0 unspecified atom stereocenters. The molecule has 2 aliphatic rings. The van der Waals surface area contributed by atoms with Crippen molar-refractivity contribution in [2.24, 2.45) is 0 Å². The van der Waals surface area contributed by atoms with Gasteiger partial charge in [0.15, 0.2) is 0 Å². The van der Waals surface area contributed by atoms with Gasteiger partial charge in [-0.05, 0) is 43.2 Å². The largest absolute Gasteiger partial charge is 0.323 e. The number of nitrogens with one attached hydrogen (secondary N) is 1. The first-order valence-corrected chi connectivity index (χ1v) is 9.13. The third-order valence-electron chi connectivity index (χ3n) is 4.64. The van der Waals surface area contributed by atoms with E-state index in [9.17, 15) is 9.59 Å². The number of hydrogen-bond acceptors (Lipinski definition) is 3. The molecule has 2 amide bonds. The van der Waals surface area contributed by atoms with Crippen molar-refractivity contribution in [2.75, 3.05) is 17.6 Å². The van der Waals surface area contributed by atoms with Gasteiger partial charge in [0.25, 0.3) is 5.91 Å². The van der Waals surface area contributed by atoms with Gasteiger partial charge in [-0.15, -0.1) is 11.8 Å². The number of thioether (sulfide) groups is 1. The fraction of sp³-hybridized carbons (Fsp3) is 0.444. The van der Waals surface area contributed by atoms with Crippen molar-refractivity contribution >= 4 is 29.3 Å². The van der Waals surface area contributed by atoms with Gasteiger partial charge in [-0.2, -0.15) is 0 Å². The van der Waals surface area contributed by atoms with E-state index in [1.807, 2.05) is 11.8 Å². The Morgan fingerprint density at radius 3 is 2.52 bits per heavy atom. The van der Waals surface area contributed by atoms with E-state index < -0.39 is 0 Å². The van der Waals surface area contributed by atoms with E-state index in [-0.39, 0.29) is 16.7 Å². The van der Waals surface area contributed by atoms with Crippen molar-refractivity contribution in [2.45, 2.75) is 37.0 Å². The Hall–Kier alpha value is -1.75. The van der Waals surface area contributed by atoms with Crippen LogP contribution in [0.5, 0.6) is 0 Å². The highest BCUT2D eigenvalue weighted by Gasteiger charge is 2.44. The highest BCUT2D eigenvalue weighted by molar-refractivity contribution is 8.00. The summed E-state index contributed by atoms with van der Waals surface area (Å²) in [6.45, 7) is 4.26. The van der Waals surface area contributed by atoms with E-state index in [0.29, 0.717) is 11.3 Å². The summed E-state index contributed by atoms with van der Waals surface area (Å²) >= 11 is 1.95. The van der Waals surface area contributed by atoms with Crippen LogP contribution in [0.1, 0.15) is 42.5 Å². The lowest BCUT2D eigenvalue weighted by Crippen LogP contribution is -2.46. The normalized spacial score (nSPS) is 19.6. The van der Waals surface area contributed by atoms with Crippen LogP contribution < -0.4 is 5.32 Å². The maximum absolute atomic E-state index is 12.9. The third-order valence-corrected chi connectivity index (χ3v) is 6.19. The maximum Gasteiger partial charge on any atom is 0.254 e. The van der Waals surface area contributed by atoms with E-state index in [4.69, 9.17) is 0 Å². The molecular formula is C18H22N2O2S. The van der Waals surface area contributed by atoms with E-state index in [0.717, 1.165) is 25.1 Å². The van der Waals surface area contributed by atoms with Gasteiger partial charge in [0.1, 0.15) is 0 Å². The van der Waals surface area contributed by atoms with Gasteiger partial charge in [0, 0.05) is 23.5 Å². The Labute approximate surface area is 141 Å². The summed E-state index contributed by atoms with van der Waals surface area (Å²) < 4.78 is 0. The Kier molecular flexibility index (Phi) is 4.76. The van der Waals surface area contributed by atoms with Crippen LogP contribution in [-0.4, -0.2) is 33.9 Å². The molecule has 1 saturated heterocycles. The molecule has 0 aromatic heterocycles. The zero-order valence-corrected chi connectivity index (χ0v) is 14.0. The molecule has 1 aromatic carbocycles. The number of rotatable bonds is 3. The zero-order valence-electron chi connectivity index (χ0n) is 13.2. The predicted molar refractivity (Wildman–Crippen MR) is 94.6 cm³/mol. The van der Waals surface area contributed by atoms with Crippen LogP contribution in [-0.2, 0) is 4.79 Å². The standard InChI is InChI=1S/C18H22N2O2S/c1-2-16(21)19-15-8-6-14(7-9-15)17(22)20-12-13-23-18(20)10-4-3-5-11-18/h2,6-9H,1,3-5,10-13H2,(H,19,21). The minimum Gasteiger partial charge on any atom is -0.323 e. The first-order chi connectivity index (χ1) is 11.1. The van der Waals surface area contributed by atoms with Gasteiger partial charge in [0.2, 0.25) is 5.91 Å². The summed E-state index contributed by atoms with van der Waals surface area (Å²) in [5.41, 5.74) is 1.36. The molecule has 23 heavy (non-hydrogen) atoms. The molecule has 2 fully saturated rings. The molecule has 0 bridgehead atoms. The summed E-state index contributed by atoms with van der Waals surface area (Å²) in [7, 11) is 0. The lowest BCUT2D eigenvalue weighted by molar-refractivity contribution is -0.111. The Bertz CT molecular complexity index is 606. The molecule has 0 radical (unpaired) electrons. The van der Waals surface area contributed by atoms with Crippen molar-refractivity contribution in [3.8, 4) is 0 Å². The van der Waals surface area contributed by atoms with Crippen LogP contribution in [0.3, 0.4) is 0 Å². The lowest BCUT2D eigenvalue weighted by atomic mass is 9.93. The number of nitrogens with zero attached hydrogens (tertiary/aromatic N) is 1. The van der Waals surface area contributed by atoms with E-state index in [2.05, 4.69) is 16.8 Å². The number of hydrogen-bond donors (Lipinski definition) is 1. The molecule has 3 rings (SSSR count). The minimum absolute atomic E-state index is 0.0189. The van der Waals surface area contributed by atoms with Gasteiger partial charge >= 0.3 is 0 Å². The van der Waals surface area contributed by atoms with Crippen molar-refractivity contribution in [1.82, 2.24) is 4.90 Å². The van der Waals surface area contributed by atoms with Crippen LogP contribution in [0.25, 0.3) is 0 Å². The predicted octanol–water partition coefficient (Wildman–Crippen LogP) is 3.66. The molecule has 5 heteroatoms. The molecule has 1 saturated carbocycles. The van der Waals surface area contributed by atoms with Crippen molar-refractivity contribution in [3.63, 3.8) is 0 Å². The molecule has 0 atom stereocenters. The summed E-state index contributed by atoms with van der Waals surface area (Å²) in [6, 6.07) is 7.12. The molecule has 4 nitrogen and oxygen atoms in total. The second kappa shape index (κ2) is 6.79. The van der Waals surface area contributed by atoms with E-state index in [1.165, 1.54) is 25.3 Å². The first-order valence-electron chi connectivity index (χ1n) is 8.14. The van der Waals surface area contributed by atoms with Gasteiger partial charge < -0.3 is 10.2 Å². The van der Waals surface area contributed by atoms with Crippen LogP contribution in [0.2, 0.25) is 0 Å². The second-order valence-corrected chi connectivity index (χ2v) is 7.54. The molecule has 122 valence electrons. The topological polar surface area (TPSA) is 49.4 Å². The van der Waals surface area contributed by atoms with Crippen LogP contribution >= 0.6 is 11.8 Å². The maximum atomic E-state index is 12.9. The monoisotopic (exact) mass is 330 g/mol. The van der Waals surface area contributed by atoms with Gasteiger partial charge in [-0.1, -0.05) is 25.8 Å². The lowest BCUT2D eigenvalue weighted by Gasteiger charge is -2.40. The van der Waals surface area contributed by atoms with Crippen molar-refractivity contribution < 1.29 is 9.59 Å². The van der Waals surface area contributed by atoms with Crippen LogP contribution in [0.4, 0.5) is 5.69 Å². The van der Waals surface area contributed by atoms with Gasteiger partial charge in [-0.25, -0.2) is 0 Å². The van der Waals surface area contributed by atoms with Crippen LogP contribution in [0, 0.1) is 0 Å². The SMILES string of the molecule is C=CC(=O)Nc1ccc(C(=O)N2CCSC23CCCCC3)cc1. The second-order valence-electron chi connectivity index (χ2n) is 6.08. The zero-order chi connectivity index (χ0) is 16.3. The average Bonchev–Trinajstić information content (AvgIpc) is 2.98. The smallest absolute Gasteiger partial charge is 0.254 e. The molecular weight excluding hydrogens is 308 g/mol. The summed E-state index contributed by atoms with van der Waals surface area (Å²) in [5, 5.41) is 2.70. The Balaban J connectivity index is 1.74. The van der Waals surface area contributed by atoms with Crippen molar-refractivity contribution in [3.05, 3.63) is 42.5 Å². The van der Waals surface area contributed by atoms with E-state index >= 15 is 0 Å². The fourth-order valence-corrected chi connectivity index (χ4v) is 5.02. The van der Waals surface area contributed by atoms with Crippen LogP contribution in [0.15, 0.2) is 36.9 Å². The molecule has 1 N–H and O–H groups in total. The molecule has 1 spiro atoms. The minimum atomic E-state index is -0.249. The van der Waals surface area contributed by atoms with Gasteiger partial charge in [-0.3, -0.25) is 9.59 Å². The summed E-state index contributed by atoms with van der Waals surface area (Å²) in [6.07, 6.45) is 7.15. The number of benzene rings is 1. The van der Waals surface area contributed by atoms with Gasteiger partial charge in [0.05, 0.1) is 4.87 Å². The number of amides is 2. The summed E-state index contributed by atoms with van der Waals surface area (Å²) in [5.74, 6) is 0.888. The highest BCUT2D eigenvalue weighted by atomic mass is 32.2. The van der Waals surface area contributed by atoms with Crippen molar-refractivity contribution in [1.29, 1.82) is 0 Å². The quantitative estimate of drug-likeness (QED) is 0.861. The first kappa shape index (κ1) is 16.1. The molecule has 1 heterocycles. The molecule has 1 aliphatic carbocycles. The third kappa shape index (κ3) is 3.29. The average molecular weight is 330 g/mol. The molecule has 1 aromatic rings. The summed E-state index contributed by atoms with van der Waals surface area (Å²) in [4.78, 5) is 26.3. The Morgan fingerprint density at radius 2 is 1.87 bits per heavy atom. The highest BCUT2D eigenvalue weighted by Crippen LogP contribution is 2.47. The molecule has 1 aliphatic heterocycles. The number of carbonyl (C=O) groups is 2. The Morgan fingerprint density at radius 1 is 1.17 bits per heavy atom. The van der Waals surface area contributed by atoms with E-state index in [1.54, 1.807) is 24.3 Å². The number of anilines is 1.